The molecular formula is C30H35N3O9S. The summed E-state index contributed by atoms with van der Waals surface area (Å²) in [6, 6.07) is 7.98. The molecule has 230 valence electrons. The molecule has 2 fully saturated rings. The standard InChI is InChI=1S/C30H35N3O9S/c1-13(2)16-12-19(32-43(41,42)15-8-6-5-7-9-15)24(34)21-17(16)10-14-11-18-23(33(3)4)26(36)22(29(31)39)28(38)30(18,40)27(37)20(14)25(21)35/h5-9,12-14,18,22-23,26,32,34-36,40H,10-11H2,1-4H3,(H2,31,39)/t14-,18-,22?,23?,26?,30-/m1/s1. The van der Waals surface area contributed by atoms with Crippen LogP contribution in [0.3, 0.4) is 0 Å². The fraction of sp³-hybridized carbons (Fsp3) is 0.433. The molecule has 3 aliphatic rings. The molecule has 0 spiro atoms. The van der Waals surface area contributed by atoms with Gasteiger partial charge in [0.1, 0.15) is 11.7 Å². The molecule has 0 aromatic heterocycles. The van der Waals surface area contributed by atoms with Gasteiger partial charge in [-0.1, -0.05) is 32.0 Å². The van der Waals surface area contributed by atoms with E-state index in [9.17, 15) is 43.2 Å². The number of carbonyl (C=O) groups excluding carboxylic acids is 3. The average Bonchev–Trinajstić information content (AvgIpc) is 2.92. The van der Waals surface area contributed by atoms with E-state index in [2.05, 4.69) is 4.72 Å². The Morgan fingerprint density at radius 2 is 1.77 bits per heavy atom. The van der Waals surface area contributed by atoms with Gasteiger partial charge in [0.25, 0.3) is 10.0 Å². The highest BCUT2D eigenvalue weighted by molar-refractivity contribution is 7.92. The van der Waals surface area contributed by atoms with E-state index < -0.39 is 74.5 Å². The normalized spacial score (nSPS) is 28.9. The second-order valence-electron chi connectivity index (χ2n) is 12.1. The van der Waals surface area contributed by atoms with E-state index in [-0.39, 0.29) is 40.5 Å². The number of aliphatic hydroxyl groups is 3. The van der Waals surface area contributed by atoms with Crippen molar-refractivity contribution in [2.45, 2.75) is 55.2 Å². The van der Waals surface area contributed by atoms with E-state index in [1.807, 2.05) is 13.8 Å². The van der Waals surface area contributed by atoms with E-state index >= 15 is 0 Å². The number of sulfonamides is 1. The lowest BCUT2D eigenvalue weighted by Gasteiger charge is -2.53. The molecule has 2 aromatic rings. The summed E-state index contributed by atoms with van der Waals surface area (Å²) >= 11 is 0. The molecule has 0 aliphatic heterocycles. The fourth-order valence-corrected chi connectivity index (χ4v) is 8.18. The van der Waals surface area contributed by atoms with Gasteiger partial charge in [-0.15, -0.1) is 0 Å². The summed E-state index contributed by atoms with van der Waals surface area (Å²) in [4.78, 5) is 41.3. The van der Waals surface area contributed by atoms with Crippen molar-refractivity contribution >= 4 is 38.9 Å². The first-order valence-corrected chi connectivity index (χ1v) is 15.4. The number of Topliss-reactive ketones (excluding diaryl/α,β-unsaturated/α-hetero) is 2. The van der Waals surface area contributed by atoms with Crippen LogP contribution in [-0.2, 0) is 30.8 Å². The molecule has 0 radical (unpaired) electrons. The van der Waals surface area contributed by atoms with Crippen LogP contribution in [0.2, 0.25) is 0 Å². The van der Waals surface area contributed by atoms with Crippen molar-refractivity contribution in [3.63, 3.8) is 0 Å². The van der Waals surface area contributed by atoms with E-state index in [1.165, 1.54) is 23.1 Å². The van der Waals surface area contributed by atoms with Crippen LogP contribution in [-0.4, -0.2) is 83.1 Å². The Morgan fingerprint density at radius 1 is 1.14 bits per heavy atom. The molecule has 12 nitrogen and oxygen atoms in total. The number of aromatic hydroxyl groups is 1. The number of fused-ring (bicyclic) bond motifs is 3. The minimum atomic E-state index is -4.15. The zero-order valence-corrected chi connectivity index (χ0v) is 24.9. The van der Waals surface area contributed by atoms with Gasteiger partial charge in [-0.3, -0.25) is 19.1 Å². The van der Waals surface area contributed by atoms with Crippen LogP contribution in [0, 0.1) is 17.8 Å². The van der Waals surface area contributed by atoms with Gasteiger partial charge < -0.3 is 31.1 Å². The number of benzene rings is 2. The minimum Gasteiger partial charge on any atom is -0.507 e. The first kappa shape index (κ1) is 30.7. The van der Waals surface area contributed by atoms with E-state index in [0.717, 1.165) is 0 Å². The second-order valence-corrected chi connectivity index (χ2v) is 13.8. The van der Waals surface area contributed by atoms with E-state index in [1.54, 1.807) is 32.3 Å². The van der Waals surface area contributed by atoms with Crippen molar-refractivity contribution in [3.8, 4) is 5.75 Å². The predicted molar refractivity (Wildman–Crippen MR) is 155 cm³/mol. The Kier molecular flexibility index (Phi) is 7.45. The fourth-order valence-electron chi connectivity index (χ4n) is 7.10. The smallest absolute Gasteiger partial charge is 0.262 e. The molecular weight excluding hydrogens is 578 g/mol. The predicted octanol–water partition coefficient (Wildman–Crippen LogP) is 1.05. The molecule has 2 aromatic carbocycles. The van der Waals surface area contributed by atoms with Crippen molar-refractivity contribution in [2.24, 2.45) is 23.5 Å². The van der Waals surface area contributed by atoms with Crippen molar-refractivity contribution < 1.29 is 43.2 Å². The third-order valence-corrected chi connectivity index (χ3v) is 10.4. The number of carbonyl (C=O) groups is 3. The summed E-state index contributed by atoms with van der Waals surface area (Å²) in [5.74, 6) is -8.85. The number of likely N-dealkylation sites (N-methyl/N-ethyl adjacent to an activating group) is 1. The third kappa shape index (κ3) is 4.53. The molecule has 2 saturated carbocycles. The molecule has 0 bridgehead atoms. The second kappa shape index (κ2) is 10.4. The van der Waals surface area contributed by atoms with Gasteiger partial charge >= 0.3 is 0 Å². The third-order valence-electron chi connectivity index (χ3n) is 9.04. The number of phenolic OH excluding ortho intramolecular Hbond substituents is 1. The molecule has 13 heteroatoms. The van der Waals surface area contributed by atoms with Crippen LogP contribution in [0.15, 0.2) is 46.9 Å². The summed E-state index contributed by atoms with van der Waals surface area (Å²) in [5.41, 5.74) is 3.00. The van der Waals surface area contributed by atoms with Crippen molar-refractivity contribution in [2.75, 3.05) is 18.8 Å². The summed E-state index contributed by atoms with van der Waals surface area (Å²) in [7, 11) is -0.991. The summed E-state index contributed by atoms with van der Waals surface area (Å²) in [6.45, 7) is 3.71. The SMILES string of the molecule is CC(C)c1cc(NS(=O)(=O)c2ccccc2)c(O)c2c1C[C@@H]1C[C@@H]3C(N(C)C)C(O)C(C(N)=O)C(=O)[C@]3(O)C(=O)C1=C2O. The Balaban J connectivity index is 1.69. The quantitative estimate of drug-likeness (QED) is 0.202. The van der Waals surface area contributed by atoms with Gasteiger partial charge in [-0.05, 0) is 68.1 Å². The Bertz CT molecular complexity index is 1670. The molecule has 0 heterocycles. The number of hydrogen-bond donors (Lipinski definition) is 6. The number of primary amides is 1. The first-order valence-electron chi connectivity index (χ1n) is 13.9. The monoisotopic (exact) mass is 613 g/mol. The van der Waals surface area contributed by atoms with Crippen LogP contribution < -0.4 is 10.5 Å². The molecule has 1 amide bonds. The number of anilines is 1. The van der Waals surface area contributed by atoms with Crippen LogP contribution in [0.4, 0.5) is 5.69 Å². The Morgan fingerprint density at radius 3 is 2.33 bits per heavy atom. The molecule has 0 saturated heterocycles. The number of hydrogen-bond acceptors (Lipinski definition) is 10. The summed E-state index contributed by atoms with van der Waals surface area (Å²) in [5, 5.41) is 45.7. The first-order chi connectivity index (χ1) is 20.0. The van der Waals surface area contributed by atoms with Crippen molar-refractivity contribution in [1.82, 2.24) is 4.90 Å². The molecule has 5 rings (SSSR count). The summed E-state index contributed by atoms with van der Waals surface area (Å²) in [6.07, 6.45) is -1.48. The number of phenols is 1. The topological polar surface area (TPSA) is 208 Å². The zero-order valence-electron chi connectivity index (χ0n) is 24.1. The molecule has 43 heavy (non-hydrogen) atoms. The van der Waals surface area contributed by atoms with Gasteiger partial charge in [-0.25, -0.2) is 8.42 Å². The lowest BCUT2D eigenvalue weighted by atomic mass is 9.54. The zero-order chi connectivity index (χ0) is 31.8. The van der Waals surface area contributed by atoms with Gasteiger partial charge in [0.05, 0.1) is 22.3 Å². The van der Waals surface area contributed by atoms with Crippen LogP contribution in [0.5, 0.6) is 5.75 Å². The van der Waals surface area contributed by atoms with Crippen LogP contribution in [0.1, 0.15) is 42.9 Å². The molecule has 3 unspecified atom stereocenters. The highest BCUT2D eigenvalue weighted by atomic mass is 32.2. The van der Waals surface area contributed by atoms with E-state index in [0.29, 0.717) is 11.1 Å². The number of nitrogens with two attached hydrogens (primary N) is 1. The highest BCUT2D eigenvalue weighted by Gasteiger charge is 2.67. The lowest BCUT2D eigenvalue weighted by molar-refractivity contribution is -0.184. The highest BCUT2D eigenvalue weighted by Crippen LogP contribution is 2.54. The number of ketones is 2. The van der Waals surface area contributed by atoms with Crippen molar-refractivity contribution in [3.05, 3.63) is 58.7 Å². The van der Waals surface area contributed by atoms with Crippen molar-refractivity contribution in [1.29, 1.82) is 0 Å². The number of amides is 1. The maximum Gasteiger partial charge on any atom is 0.262 e. The molecule has 3 aliphatic carbocycles. The average molecular weight is 614 g/mol. The Labute approximate surface area is 248 Å². The Hall–Kier alpha value is -3.78. The molecule has 6 atom stereocenters. The van der Waals surface area contributed by atoms with E-state index in [4.69, 9.17) is 5.73 Å². The largest absolute Gasteiger partial charge is 0.507 e. The van der Waals surface area contributed by atoms with Gasteiger partial charge in [0.15, 0.2) is 17.1 Å². The minimum absolute atomic E-state index is 0.0150. The van der Waals surface area contributed by atoms with Gasteiger partial charge in [-0.2, -0.15) is 0 Å². The number of nitrogens with one attached hydrogen (secondary N) is 1. The maximum atomic E-state index is 14.1. The summed E-state index contributed by atoms with van der Waals surface area (Å²) < 4.78 is 28.6. The number of aliphatic hydroxyl groups excluding tert-OH is 2. The number of rotatable bonds is 6. The maximum absolute atomic E-state index is 14.1. The van der Waals surface area contributed by atoms with Gasteiger partial charge in [0, 0.05) is 17.5 Å². The molecule has 7 N–H and O–H groups in total. The van der Waals surface area contributed by atoms with Crippen LogP contribution >= 0.6 is 0 Å². The van der Waals surface area contributed by atoms with Gasteiger partial charge in [0.2, 0.25) is 11.7 Å². The van der Waals surface area contributed by atoms with Crippen LogP contribution in [0.25, 0.3) is 5.76 Å². The lowest BCUT2D eigenvalue weighted by Crippen LogP contribution is -2.73. The number of nitrogens with zero attached hydrogens (tertiary/aromatic N) is 1.